The Morgan fingerprint density at radius 2 is 2.28 bits per heavy atom. The van der Waals surface area contributed by atoms with Crippen LogP contribution in [0.5, 0.6) is 5.75 Å². The van der Waals surface area contributed by atoms with Gasteiger partial charge in [0, 0.05) is 5.56 Å². The molecule has 0 radical (unpaired) electrons. The van der Waals surface area contributed by atoms with Crippen LogP contribution in [0.4, 0.5) is 0 Å². The highest BCUT2D eigenvalue weighted by atomic mass is 16.5. The van der Waals surface area contributed by atoms with Crippen molar-refractivity contribution < 1.29 is 14.4 Å². The number of quaternary nitrogens is 1. The third-order valence-electron chi connectivity index (χ3n) is 3.65. The topological polar surface area (TPSA) is 56.8 Å². The van der Waals surface area contributed by atoms with Crippen LogP contribution in [0.2, 0.25) is 0 Å². The molecule has 0 saturated carbocycles. The first kappa shape index (κ1) is 12.9. The van der Waals surface area contributed by atoms with Crippen molar-refractivity contribution in [3.05, 3.63) is 29.8 Å². The van der Waals surface area contributed by atoms with Gasteiger partial charge in [-0.1, -0.05) is 12.1 Å². The standard InChI is InChI=1S/C14H20N2O2/c1-18-13-7-3-2-5-11(13)9-16-8-4-6-12(10-16)14(15)17/h2-3,5,7,12H,4,6,8-10H2,1H3,(H2,15,17)/p+1/t12-/m1/s1. The molecule has 3 N–H and O–H groups in total. The molecule has 2 rings (SSSR count). The summed E-state index contributed by atoms with van der Waals surface area (Å²) in [6.45, 7) is 2.84. The van der Waals surface area contributed by atoms with Crippen LogP contribution in [0.15, 0.2) is 24.3 Å². The Bertz CT molecular complexity index is 420. The van der Waals surface area contributed by atoms with Gasteiger partial charge in [-0.2, -0.15) is 0 Å². The number of methoxy groups -OCH3 is 1. The minimum Gasteiger partial charge on any atom is -0.496 e. The van der Waals surface area contributed by atoms with E-state index in [1.165, 1.54) is 10.5 Å². The van der Waals surface area contributed by atoms with Gasteiger partial charge in [0.25, 0.3) is 0 Å². The zero-order chi connectivity index (χ0) is 13.0. The van der Waals surface area contributed by atoms with Crippen molar-refractivity contribution in [1.29, 1.82) is 0 Å². The first-order valence-corrected chi connectivity index (χ1v) is 6.45. The molecular weight excluding hydrogens is 228 g/mol. The lowest BCUT2D eigenvalue weighted by Crippen LogP contribution is -3.12. The molecule has 0 aromatic heterocycles. The maximum absolute atomic E-state index is 11.3. The second-order valence-electron chi connectivity index (χ2n) is 4.93. The van der Waals surface area contributed by atoms with E-state index in [2.05, 4.69) is 6.07 Å². The van der Waals surface area contributed by atoms with Crippen LogP contribution in [0.1, 0.15) is 18.4 Å². The molecule has 0 bridgehead atoms. The maximum Gasteiger partial charge on any atom is 0.226 e. The largest absolute Gasteiger partial charge is 0.496 e. The molecule has 4 nitrogen and oxygen atoms in total. The highest BCUT2D eigenvalue weighted by Crippen LogP contribution is 2.16. The molecule has 2 atom stereocenters. The van der Waals surface area contributed by atoms with Gasteiger partial charge >= 0.3 is 0 Å². The summed E-state index contributed by atoms with van der Waals surface area (Å²) >= 11 is 0. The number of primary amides is 1. The van der Waals surface area contributed by atoms with E-state index >= 15 is 0 Å². The summed E-state index contributed by atoms with van der Waals surface area (Å²) in [6, 6.07) is 8.05. The molecule has 1 aromatic rings. The number of likely N-dealkylation sites (tertiary alicyclic amines) is 1. The Hall–Kier alpha value is -1.55. The monoisotopic (exact) mass is 249 g/mol. The minimum absolute atomic E-state index is 0.0310. The molecule has 0 spiro atoms. The fraction of sp³-hybridized carbons (Fsp3) is 0.500. The van der Waals surface area contributed by atoms with Gasteiger partial charge in [0.2, 0.25) is 5.91 Å². The summed E-state index contributed by atoms with van der Waals surface area (Å²) in [5.74, 6) is 0.793. The molecule has 18 heavy (non-hydrogen) atoms. The van der Waals surface area contributed by atoms with Gasteiger partial charge in [-0.3, -0.25) is 4.79 Å². The van der Waals surface area contributed by atoms with Crippen LogP contribution in [0.3, 0.4) is 0 Å². The fourth-order valence-electron chi connectivity index (χ4n) is 2.67. The van der Waals surface area contributed by atoms with Crippen LogP contribution in [0.25, 0.3) is 0 Å². The van der Waals surface area contributed by atoms with E-state index in [4.69, 9.17) is 10.5 Å². The summed E-state index contributed by atoms with van der Waals surface area (Å²) in [6.07, 6.45) is 2.00. The number of benzene rings is 1. The zero-order valence-corrected chi connectivity index (χ0v) is 10.8. The van der Waals surface area contributed by atoms with Crippen LogP contribution in [-0.4, -0.2) is 26.1 Å². The molecule has 1 amide bonds. The van der Waals surface area contributed by atoms with Crippen molar-refractivity contribution in [1.82, 2.24) is 0 Å². The van der Waals surface area contributed by atoms with E-state index in [9.17, 15) is 4.79 Å². The maximum atomic E-state index is 11.3. The highest BCUT2D eigenvalue weighted by molar-refractivity contribution is 5.76. The number of carbonyl (C=O) groups is 1. The lowest BCUT2D eigenvalue weighted by molar-refractivity contribution is -0.921. The smallest absolute Gasteiger partial charge is 0.226 e. The van der Waals surface area contributed by atoms with Crippen molar-refractivity contribution in [2.75, 3.05) is 20.2 Å². The Morgan fingerprint density at radius 3 is 3.00 bits per heavy atom. The molecule has 1 heterocycles. The van der Waals surface area contributed by atoms with Gasteiger partial charge in [0.05, 0.1) is 26.1 Å². The van der Waals surface area contributed by atoms with Crippen LogP contribution >= 0.6 is 0 Å². The Morgan fingerprint density at radius 1 is 1.50 bits per heavy atom. The molecule has 1 aromatic carbocycles. The third kappa shape index (κ3) is 3.01. The Balaban J connectivity index is 2.02. The van der Waals surface area contributed by atoms with Crippen molar-refractivity contribution >= 4 is 5.91 Å². The van der Waals surface area contributed by atoms with Crippen molar-refractivity contribution in [3.63, 3.8) is 0 Å². The van der Waals surface area contributed by atoms with Gasteiger partial charge in [-0.05, 0) is 25.0 Å². The number of rotatable bonds is 4. The molecular formula is C14H21N2O2+. The van der Waals surface area contributed by atoms with Gasteiger partial charge in [0.1, 0.15) is 12.3 Å². The van der Waals surface area contributed by atoms with Crippen molar-refractivity contribution in [3.8, 4) is 5.75 Å². The molecule has 98 valence electrons. The van der Waals surface area contributed by atoms with Gasteiger partial charge in [-0.15, -0.1) is 0 Å². The number of piperidine rings is 1. The number of carbonyl (C=O) groups excluding carboxylic acids is 1. The predicted molar refractivity (Wildman–Crippen MR) is 69.3 cm³/mol. The molecule has 1 fully saturated rings. The lowest BCUT2D eigenvalue weighted by atomic mass is 9.97. The predicted octanol–water partition coefficient (Wildman–Crippen LogP) is -0.0246. The van der Waals surface area contributed by atoms with E-state index in [1.54, 1.807) is 7.11 Å². The number of ether oxygens (including phenoxy) is 1. The molecule has 1 saturated heterocycles. The number of hydrogen-bond acceptors (Lipinski definition) is 2. The van der Waals surface area contributed by atoms with Crippen LogP contribution < -0.4 is 15.4 Å². The van der Waals surface area contributed by atoms with Gasteiger partial charge in [0.15, 0.2) is 0 Å². The number of nitrogens with one attached hydrogen (secondary N) is 1. The summed E-state index contributed by atoms with van der Waals surface area (Å²) in [7, 11) is 1.69. The third-order valence-corrected chi connectivity index (χ3v) is 3.65. The first-order chi connectivity index (χ1) is 8.70. The average molecular weight is 249 g/mol. The molecule has 1 aliphatic rings. The molecule has 0 aliphatic carbocycles. The molecule has 1 aliphatic heterocycles. The zero-order valence-electron chi connectivity index (χ0n) is 10.8. The average Bonchev–Trinajstić information content (AvgIpc) is 2.39. The van der Waals surface area contributed by atoms with E-state index in [-0.39, 0.29) is 11.8 Å². The number of nitrogens with two attached hydrogens (primary N) is 1. The van der Waals surface area contributed by atoms with Crippen LogP contribution in [-0.2, 0) is 11.3 Å². The molecule has 1 unspecified atom stereocenters. The van der Waals surface area contributed by atoms with Crippen molar-refractivity contribution in [2.45, 2.75) is 19.4 Å². The van der Waals surface area contributed by atoms with E-state index in [0.29, 0.717) is 0 Å². The number of para-hydroxylation sites is 1. The summed E-state index contributed by atoms with van der Waals surface area (Å²) in [5.41, 5.74) is 6.60. The molecule has 4 heteroatoms. The Labute approximate surface area is 108 Å². The SMILES string of the molecule is COc1ccccc1C[NH+]1CCC[C@@H](C(N)=O)C1. The summed E-state index contributed by atoms with van der Waals surface area (Å²) in [5, 5.41) is 0. The van der Waals surface area contributed by atoms with E-state index in [1.807, 2.05) is 18.2 Å². The Kier molecular flexibility index (Phi) is 4.20. The summed E-state index contributed by atoms with van der Waals surface area (Å²) < 4.78 is 5.36. The first-order valence-electron chi connectivity index (χ1n) is 6.45. The van der Waals surface area contributed by atoms with Crippen molar-refractivity contribution in [2.24, 2.45) is 11.7 Å². The van der Waals surface area contributed by atoms with E-state index < -0.39 is 0 Å². The number of hydrogen-bond donors (Lipinski definition) is 2. The summed E-state index contributed by atoms with van der Waals surface area (Å²) in [4.78, 5) is 12.7. The minimum atomic E-state index is -0.160. The van der Waals surface area contributed by atoms with Gasteiger partial charge in [-0.25, -0.2) is 0 Å². The second-order valence-corrected chi connectivity index (χ2v) is 4.93. The fourth-order valence-corrected chi connectivity index (χ4v) is 2.67. The number of amides is 1. The lowest BCUT2D eigenvalue weighted by Gasteiger charge is -2.28. The normalized spacial score (nSPS) is 23.6. The highest BCUT2D eigenvalue weighted by Gasteiger charge is 2.27. The quantitative estimate of drug-likeness (QED) is 0.787. The van der Waals surface area contributed by atoms with E-state index in [0.717, 1.165) is 38.2 Å². The van der Waals surface area contributed by atoms with Gasteiger partial charge < -0.3 is 15.4 Å². The van der Waals surface area contributed by atoms with Crippen LogP contribution in [0, 0.1) is 5.92 Å². The second kappa shape index (κ2) is 5.87.